The van der Waals surface area contributed by atoms with Crippen LogP contribution in [0, 0.1) is 10.1 Å². The van der Waals surface area contributed by atoms with Crippen LogP contribution in [0.4, 0.5) is 5.69 Å². The summed E-state index contributed by atoms with van der Waals surface area (Å²) >= 11 is 0. The van der Waals surface area contributed by atoms with E-state index in [9.17, 15) is 14.3 Å². The maximum absolute atomic E-state index is 11.8. The van der Waals surface area contributed by atoms with Crippen molar-refractivity contribution in [3.63, 3.8) is 0 Å². The Balaban J connectivity index is 2.94. The first kappa shape index (κ1) is 14.6. The van der Waals surface area contributed by atoms with Crippen LogP contribution >= 0.6 is 0 Å². The molecule has 0 spiro atoms. The molecular weight excluding hydrogens is 256 g/mol. The average Bonchev–Trinajstić information content (AvgIpc) is 2.27. The van der Waals surface area contributed by atoms with Crippen LogP contribution in [-0.4, -0.2) is 28.0 Å². The molecular formula is C11H16N2O4S. The van der Waals surface area contributed by atoms with Gasteiger partial charge >= 0.3 is 0 Å². The Hall–Kier alpha value is -1.47. The Kier molecular flexibility index (Phi) is 5.24. The fourth-order valence-corrected chi connectivity index (χ4v) is 2.79. The first-order valence-electron chi connectivity index (χ1n) is 5.36. The summed E-state index contributed by atoms with van der Waals surface area (Å²) in [6.07, 6.45) is 0. The van der Waals surface area contributed by atoms with E-state index in [1.807, 2.05) is 0 Å². The van der Waals surface area contributed by atoms with Crippen LogP contribution in [-0.2, 0) is 16.6 Å². The Morgan fingerprint density at radius 3 is 2.72 bits per heavy atom. The number of nitrogens with two attached hydrogens (primary N) is 1. The van der Waals surface area contributed by atoms with E-state index in [1.165, 1.54) is 25.3 Å². The van der Waals surface area contributed by atoms with Crippen LogP contribution < -0.4 is 10.5 Å². The van der Waals surface area contributed by atoms with E-state index in [4.69, 9.17) is 10.5 Å². The molecule has 0 aliphatic carbocycles. The van der Waals surface area contributed by atoms with Gasteiger partial charge in [0.15, 0.2) is 0 Å². The number of benzene rings is 1. The van der Waals surface area contributed by atoms with E-state index in [-0.39, 0.29) is 17.5 Å². The Morgan fingerprint density at radius 2 is 2.22 bits per heavy atom. The van der Waals surface area contributed by atoms with Gasteiger partial charge in [-0.3, -0.25) is 14.3 Å². The zero-order chi connectivity index (χ0) is 13.7. The number of ether oxygens (including phenoxy) is 1. The minimum atomic E-state index is -1.16. The zero-order valence-corrected chi connectivity index (χ0v) is 11.1. The summed E-state index contributed by atoms with van der Waals surface area (Å²) in [7, 11) is 0.309. The predicted molar refractivity (Wildman–Crippen MR) is 70.0 cm³/mol. The molecule has 1 aromatic rings. The Morgan fingerprint density at radius 1 is 1.56 bits per heavy atom. The second-order valence-electron chi connectivity index (χ2n) is 3.98. The second kappa shape index (κ2) is 6.46. The molecule has 6 nitrogen and oxygen atoms in total. The van der Waals surface area contributed by atoms with Gasteiger partial charge in [0, 0.05) is 40.3 Å². The van der Waals surface area contributed by atoms with E-state index in [2.05, 4.69) is 0 Å². The molecule has 2 N–H and O–H groups in total. The summed E-state index contributed by atoms with van der Waals surface area (Å²) in [5, 5.41) is 10.7. The van der Waals surface area contributed by atoms with Crippen LogP contribution in [0.1, 0.15) is 12.5 Å². The zero-order valence-electron chi connectivity index (χ0n) is 10.3. The summed E-state index contributed by atoms with van der Waals surface area (Å²) in [4.78, 5) is 10.2. The number of methoxy groups -OCH3 is 1. The highest BCUT2D eigenvalue weighted by Crippen LogP contribution is 2.25. The van der Waals surface area contributed by atoms with Crippen molar-refractivity contribution in [1.82, 2.24) is 0 Å². The van der Waals surface area contributed by atoms with Gasteiger partial charge in [0.2, 0.25) is 0 Å². The van der Waals surface area contributed by atoms with Gasteiger partial charge in [-0.1, -0.05) is 0 Å². The number of nitro benzene ring substituents is 1. The van der Waals surface area contributed by atoms with E-state index < -0.39 is 15.7 Å². The number of nitrogens with zero attached hydrogens (tertiary/aromatic N) is 1. The summed E-state index contributed by atoms with van der Waals surface area (Å²) < 4.78 is 16.9. The highest BCUT2D eigenvalue weighted by atomic mass is 32.2. The van der Waals surface area contributed by atoms with Crippen molar-refractivity contribution < 1.29 is 13.9 Å². The number of hydrogen-bond acceptors (Lipinski definition) is 5. The lowest BCUT2D eigenvalue weighted by atomic mass is 10.2. The van der Waals surface area contributed by atoms with Crippen molar-refractivity contribution >= 4 is 16.5 Å². The highest BCUT2D eigenvalue weighted by molar-refractivity contribution is 7.84. The van der Waals surface area contributed by atoms with Crippen molar-refractivity contribution in [3.05, 3.63) is 33.9 Å². The van der Waals surface area contributed by atoms with Crippen molar-refractivity contribution in [3.8, 4) is 5.75 Å². The predicted octanol–water partition coefficient (Wildman–Crippen LogP) is 1.20. The van der Waals surface area contributed by atoms with Crippen molar-refractivity contribution in [2.75, 3.05) is 12.9 Å². The van der Waals surface area contributed by atoms with Crippen LogP contribution in [0.15, 0.2) is 18.2 Å². The minimum absolute atomic E-state index is 0.0383. The highest BCUT2D eigenvalue weighted by Gasteiger charge is 2.14. The normalized spacial score (nSPS) is 13.9. The Labute approximate surface area is 108 Å². The summed E-state index contributed by atoms with van der Waals surface area (Å²) in [5.41, 5.74) is 6.09. The average molecular weight is 272 g/mol. The molecule has 0 bridgehead atoms. The molecule has 1 rings (SSSR count). The standard InChI is InChI=1S/C11H16N2O4S/c1-8(12)6-18(16)7-9-5-10(13(14)15)3-4-11(9)17-2/h3-5,8H,6-7,12H2,1-2H3. The molecule has 1 aromatic carbocycles. The molecule has 0 amide bonds. The van der Waals surface area contributed by atoms with Gasteiger partial charge < -0.3 is 10.5 Å². The molecule has 100 valence electrons. The van der Waals surface area contributed by atoms with Crippen molar-refractivity contribution in [1.29, 1.82) is 0 Å². The second-order valence-corrected chi connectivity index (χ2v) is 5.48. The molecule has 0 aliphatic heterocycles. The summed E-state index contributed by atoms with van der Waals surface area (Å²) in [5.74, 6) is 1.05. The SMILES string of the molecule is COc1ccc([N+](=O)[O-])cc1CS(=O)CC(C)N. The topological polar surface area (TPSA) is 95.5 Å². The molecule has 0 radical (unpaired) electrons. The molecule has 2 unspecified atom stereocenters. The monoisotopic (exact) mass is 272 g/mol. The van der Waals surface area contributed by atoms with Gasteiger partial charge in [-0.05, 0) is 13.0 Å². The lowest BCUT2D eigenvalue weighted by Crippen LogP contribution is -2.23. The number of rotatable bonds is 6. The van der Waals surface area contributed by atoms with Gasteiger partial charge in [0.25, 0.3) is 5.69 Å². The molecule has 0 aromatic heterocycles. The van der Waals surface area contributed by atoms with Crippen LogP contribution in [0.2, 0.25) is 0 Å². The third-order valence-corrected chi connectivity index (χ3v) is 3.77. The van der Waals surface area contributed by atoms with E-state index in [0.29, 0.717) is 17.1 Å². The van der Waals surface area contributed by atoms with Gasteiger partial charge in [-0.15, -0.1) is 0 Å². The molecule has 2 atom stereocenters. The fourth-order valence-electron chi connectivity index (χ4n) is 1.52. The molecule has 0 fully saturated rings. The lowest BCUT2D eigenvalue weighted by Gasteiger charge is -2.09. The largest absolute Gasteiger partial charge is 0.496 e. The van der Waals surface area contributed by atoms with Gasteiger partial charge in [0.1, 0.15) is 5.75 Å². The quantitative estimate of drug-likeness (QED) is 0.620. The first-order valence-corrected chi connectivity index (χ1v) is 6.84. The number of hydrogen-bond donors (Lipinski definition) is 1. The van der Waals surface area contributed by atoms with Crippen LogP contribution in [0.5, 0.6) is 5.75 Å². The first-order chi connectivity index (χ1) is 8.43. The summed E-state index contributed by atoms with van der Waals surface area (Å²) in [6, 6.07) is 4.08. The molecule has 0 saturated carbocycles. The van der Waals surface area contributed by atoms with Gasteiger partial charge in [0.05, 0.1) is 17.8 Å². The molecule has 0 aliphatic rings. The van der Waals surface area contributed by atoms with Crippen LogP contribution in [0.25, 0.3) is 0 Å². The lowest BCUT2D eigenvalue weighted by molar-refractivity contribution is -0.384. The molecule has 7 heteroatoms. The minimum Gasteiger partial charge on any atom is -0.496 e. The van der Waals surface area contributed by atoms with Crippen molar-refractivity contribution in [2.45, 2.75) is 18.7 Å². The number of nitro groups is 1. The molecule has 0 saturated heterocycles. The maximum atomic E-state index is 11.8. The Bertz CT molecular complexity index is 462. The third-order valence-electron chi connectivity index (χ3n) is 2.24. The van der Waals surface area contributed by atoms with Gasteiger partial charge in [-0.2, -0.15) is 0 Å². The molecule has 0 heterocycles. The third kappa shape index (κ3) is 4.08. The van der Waals surface area contributed by atoms with E-state index in [0.717, 1.165) is 0 Å². The summed E-state index contributed by atoms with van der Waals surface area (Å²) in [6.45, 7) is 1.77. The maximum Gasteiger partial charge on any atom is 0.270 e. The smallest absolute Gasteiger partial charge is 0.270 e. The van der Waals surface area contributed by atoms with Crippen molar-refractivity contribution in [2.24, 2.45) is 5.73 Å². The fraction of sp³-hybridized carbons (Fsp3) is 0.455. The number of non-ortho nitro benzene ring substituents is 1. The molecule has 18 heavy (non-hydrogen) atoms. The van der Waals surface area contributed by atoms with Crippen LogP contribution in [0.3, 0.4) is 0 Å². The van der Waals surface area contributed by atoms with E-state index in [1.54, 1.807) is 6.92 Å². The van der Waals surface area contributed by atoms with E-state index >= 15 is 0 Å². The van der Waals surface area contributed by atoms with Gasteiger partial charge in [-0.25, -0.2) is 0 Å².